The highest BCUT2D eigenvalue weighted by Gasteiger charge is 2.26. The van der Waals surface area contributed by atoms with Crippen molar-refractivity contribution in [1.29, 1.82) is 0 Å². The van der Waals surface area contributed by atoms with E-state index in [0.717, 1.165) is 25.5 Å². The van der Waals surface area contributed by atoms with Crippen LogP contribution in [-0.4, -0.2) is 30.7 Å². The summed E-state index contributed by atoms with van der Waals surface area (Å²) in [5, 5.41) is 16.9. The fourth-order valence-corrected chi connectivity index (χ4v) is 2.73. The van der Waals surface area contributed by atoms with Crippen LogP contribution in [0.15, 0.2) is 27.8 Å². The number of rotatable bonds is 8. The molecular weight excluding hydrogens is 417 g/mol. The number of guanidine groups is 1. The molecule has 0 aliphatic rings. The van der Waals surface area contributed by atoms with Crippen molar-refractivity contribution < 1.29 is 9.52 Å². The van der Waals surface area contributed by atoms with Gasteiger partial charge in [-0.1, -0.05) is 27.7 Å². The molecule has 0 saturated carbocycles. The molecule has 1 unspecified atom stereocenters. The zero-order valence-electron chi connectivity index (χ0n) is 15.8. The molecule has 0 bridgehead atoms. The molecule has 6 heteroatoms. The lowest BCUT2D eigenvalue weighted by Crippen LogP contribution is -2.44. The average molecular weight is 451 g/mol. The van der Waals surface area contributed by atoms with Crippen LogP contribution in [0.2, 0.25) is 0 Å². The van der Waals surface area contributed by atoms with Gasteiger partial charge in [0.1, 0.15) is 11.4 Å². The number of nitrogens with one attached hydrogen (secondary N) is 2. The second kappa shape index (κ2) is 10.3. The van der Waals surface area contributed by atoms with Crippen molar-refractivity contribution in [2.24, 2.45) is 16.3 Å². The molecule has 0 amide bonds. The minimum Gasteiger partial charge on any atom is -0.466 e. The summed E-state index contributed by atoms with van der Waals surface area (Å²) in [4.78, 5) is 4.68. The van der Waals surface area contributed by atoms with E-state index in [9.17, 15) is 5.11 Å². The highest BCUT2D eigenvalue weighted by Crippen LogP contribution is 2.25. The molecule has 1 aromatic rings. The van der Waals surface area contributed by atoms with Gasteiger partial charge in [0.05, 0.1) is 12.8 Å². The molecule has 24 heavy (non-hydrogen) atoms. The number of halogens is 1. The molecule has 0 fully saturated rings. The minimum absolute atomic E-state index is 0. The third-order valence-electron chi connectivity index (χ3n) is 3.62. The van der Waals surface area contributed by atoms with E-state index in [1.807, 2.05) is 6.92 Å². The number of nitrogens with zero attached hydrogens (tertiary/aromatic N) is 1. The molecule has 3 N–H and O–H groups in total. The van der Waals surface area contributed by atoms with Gasteiger partial charge in [0, 0.05) is 13.1 Å². The quantitative estimate of drug-likeness (QED) is 0.320. The summed E-state index contributed by atoms with van der Waals surface area (Å²) in [6.45, 7) is 14.5. The Labute approximate surface area is 163 Å². The Morgan fingerprint density at radius 3 is 2.46 bits per heavy atom. The fraction of sp³-hybridized carbons (Fsp3) is 0.722. The van der Waals surface area contributed by atoms with Gasteiger partial charge < -0.3 is 20.2 Å². The maximum absolute atomic E-state index is 10.5. The van der Waals surface area contributed by atoms with Crippen LogP contribution in [0.4, 0.5) is 0 Å². The maximum Gasteiger partial charge on any atom is 0.191 e. The predicted molar refractivity (Wildman–Crippen MR) is 111 cm³/mol. The van der Waals surface area contributed by atoms with Crippen molar-refractivity contribution >= 4 is 29.9 Å². The van der Waals surface area contributed by atoms with Gasteiger partial charge in [-0.2, -0.15) is 0 Å². The van der Waals surface area contributed by atoms with Crippen LogP contribution >= 0.6 is 24.0 Å². The Hall–Kier alpha value is -0.760. The van der Waals surface area contributed by atoms with Gasteiger partial charge in [0.15, 0.2) is 5.96 Å². The molecular formula is C18H34IN3O2. The Bertz CT molecular complexity index is 482. The van der Waals surface area contributed by atoms with E-state index in [4.69, 9.17) is 4.42 Å². The standard InChI is InChI=1S/C18H33N3O2.HI/c1-7-19-16(20-12-17(4,5)11-14(2)3)21-13-18(6,22)15-9-8-10-23-15;/h8-10,14,22H,7,11-13H2,1-6H3,(H2,19,20,21);1H. The molecule has 0 saturated heterocycles. The average Bonchev–Trinajstić information content (AvgIpc) is 2.95. The summed E-state index contributed by atoms with van der Waals surface area (Å²) in [7, 11) is 0. The molecule has 5 nitrogen and oxygen atoms in total. The molecule has 0 aromatic carbocycles. The Kier molecular flexibility index (Phi) is 9.96. The van der Waals surface area contributed by atoms with Crippen molar-refractivity contribution in [1.82, 2.24) is 10.6 Å². The first kappa shape index (κ1) is 23.2. The van der Waals surface area contributed by atoms with Crippen molar-refractivity contribution in [3.8, 4) is 0 Å². The lowest BCUT2D eigenvalue weighted by molar-refractivity contribution is 0.0385. The van der Waals surface area contributed by atoms with E-state index in [1.165, 1.54) is 0 Å². The number of hydrogen-bond acceptors (Lipinski definition) is 3. The van der Waals surface area contributed by atoms with E-state index in [1.54, 1.807) is 25.3 Å². The molecule has 0 aliphatic heterocycles. The number of aliphatic imine (C=N–C) groups is 1. The van der Waals surface area contributed by atoms with E-state index < -0.39 is 5.60 Å². The SMILES string of the molecule is CCNC(=NCC(C)(C)CC(C)C)NCC(C)(O)c1ccco1.I. The topological polar surface area (TPSA) is 69.8 Å². The predicted octanol–water partition coefficient (Wildman–Crippen LogP) is 3.73. The Balaban J connectivity index is 0.00000529. The van der Waals surface area contributed by atoms with Crippen molar-refractivity contribution in [2.45, 2.75) is 53.6 Å². The van der Waals surface area contributed by atoms with Crippen molar-refractivity contribution in [2.75, 3.05) is 19.6 Å². The molecule has 1 aromatic heterocycles. The normalized spacial score (nSPS) is 14.9. The molecule has 0 radical (unpaired) electrons. The van der Waals surface area contributed by atoms with Gasteiger partial charge in [-0.3, -0.25) is 4.99 Å². The molecule has 140 valence electrons. The van der Waals surface area contributed by atoms with Crippen LogP contribution in [0.25, 0.3) is 0 Å². The van der Waals surface area contributed by atoms with Gasteiger partial charge in [-0.25, -0.2) is 0 Å². The number of furan rings is 1. The summed E-state index contributed by atoms with van der Waals surface area (Å²) >= 11 is 0. The third kappa shape index (κ3) is 8.37. The van der Waals surface area contributed by atoms with Crippen LogP contribution < -0.4 is 10.6 Å². The fourth-order valence-electron chi connectivity index (χ4n) is 2.73. The van der Waals surface area contributed by atoms with Crippen LogP contribution in [0, 0.1) is 11.3 Å². The first-order valence-corrected chi connectivity index (χ1v) is 8.45. The summed E-state index contributed by atoms with van der Waals surface area (Å²) in [5.41, 5.74) is -0.923. The summed E-state index contributed by atoms with van der Waals surface area (Å²) < 4.78 is 5.30. The highest BCUT2D eigenvalue weighted by molar-refractivity contribution is 14.0. The molecule has 0 aliphatic carbocycles. The Morgan fingerprint density at radius 2 is 1.96 bits per heavy atom. The zero-order chi connectivity index (χ0) is 17.5. The highest BCUT2D eigenvalue weighted by atomic mass is 127. The van der Waals surface area contributed by atoms with Crippen molar-refractivity contribution in [3.05, 3.63) is 24.2 Å². The van der Waals surface area contributed by atoms with Crippen LogP contribution in [-0.2, 0) is 5.60 Å². The Morgan fingerprint density at radius 1 is 1.29 bits per heavy atom. The number of hydrogen-bond donors (Lipinski definition) is 3. The first-order valence-electron chi connectivity index (χ1n) is 8.45. The summed E-state index contributed by atoms with van der Waals surface area (Å²) in [5.74, 6) is 1.91. The molecule has 1 atom stereocenters. The third-order valence-corrected chi connectivity index (χ3v) is 3.62. The minimum atomic E-state index is -1.08. The monoisotopic (exact) mass is 451 g/mol. The van der Waals surface area contributed by atoms with E-state index >= 15 is 0 Å². The van der Waals surface area contributed by atoms with E-state index in [0.29, 0.717) is 18.2 Å². The van der Waals surface area contributed by atoms with Gasteiger partial charge in [0.25, 0.3) is 0 Å². The van der Waals surface area contributed by atoms with Crippen LogP contribution in [0.1, 0.15) is 53.7 Å². The van der Waals surface area contributed by atoms with Crippen LogP contribution in [0.3, 0.4) is 0 Å². The molecule has 1 rings (SSSR count). The maximum atomic E-state index is 10.5. The molecule has 0 spiro atoms. The van der Waals surface area contributed by atoms with E-state index in [-0.39, 0.29) is 29.4 Å². The molecule has 1 heterocycles. The lowest BCUT2D eigenvalue weighted by Gasteiger charge is -2.26. The lowest BCUT2D eigenvalue weighted by atomic mass is 9.84. The van der Waals surface area contributed by atoms with Crippen molar-refractivity contribution in [3.63, 3.8) is 0 Å². The first-order chi connectivity index (χ1) is 10.7. The van der Waals surface area contributed by atoms with Gasteiger partial charge in [0.2, 0.25) is 0 Å². The largest absolute Gasteiger partial charge is 0.466 e. The van der Waals surface area contributed by atoms with Gasteiger partial charge >= 0.3 is 0 Å². The van der Waals surface area contributed by atoms with Crippen LogP contribution in [0.5, 0.6) is 0 Å². The summed E-state index contributed by atoms with van der Waals surface area (Å²) in [6.07, 6.45) is 2.69. The zero-order valence-corrected chi connectivity index (χ0v) is 18.2. The summed E-state index contributed by atoms with van der Waals surface area (Å²) in [6, 6.07) is 3.55. The second-order valence-electron chi connectivity index (χ2n) is 7.56. The van der Waals surface area contributed by atoms with Gasteiger partial charge in [-0.05, 0) is 43.7 Å². The van der Waals surface area contributed by atoms with E-state index in [2.05, 4.69) is 43.3 Å². The smallest absolute Gasteiger partial charge is 0.191 e. The number of aliphatic hydroxyl groups is 1. The van der Waals surface area contributed by atoms with Gasteiger partial charge in [-0.15, -0.1) is 24.0 Å². The second-order valence-corrected chi connectivity index (χ2v) is 7.56.